The smallest absolute Gasteiger partial charge is 0.326 e. The lowest BCUT2D eigenvalue weighted by molar-refractivity contribution is -0.143. The van der Waals surface area contributed by atoms with Crippen molar-refractivity contribution in [1.82, 2.24) is 5.32 Å². The van der Waals surface area contributed by atoms with Gasteiger partial charge in [0.2, 0.25) is 5.91 Å². The topological polar surface area (TPSA) is 104 Å². The van der Waals surface area contributed by atoms with Gasteiger partial charge in [0.15, 0.2) is 0 Å². The van der Waals surface area contributed by atoms with Gasteiger partial charge in [0.1, 0.15) is 11.8 Å². The maximum Gasteiger partial charge on any atom is 0.326 e. The highest BCUT2D eigenvalue weighted by molar-refractivity contribution is 5.99. The third kappa shape index (κ3) is 10.3. The standard InChI is InChI=1S/C16H29NO5/c1-3-5-7-9-13(19)11-15(20)17-14(16(21)22)10-12(18)8-6-4-2/h12,14,18H,3-11H2,1-2H3,(H,17,20)(H,21,22)/t12-,14?/m0/s1. The van der Waals surface area contributed by atoms with Crippen molar-refractivity contribution < 1.29 is 24.6 Å². The summed E-state index contributed by atoms with van der Waals surface area (Å²) in [6.45, 7) is 4.01. The summed E-state index contributed by atoms with van der Waals surface area (Å²) >= 11 is 0. The number of carboxylic acid groups (broad SMARTS) is 1. The molecule has 0 saturated heterocycles. The molecule has 0 aromatic heterocycles. The van der Waals surface area contributed by atoms with Gasteiger partial charge in [-0.25, -0.2) is 4.79 Å². The predicted octanol–water partition coefficient (Wildman–Crippen LogP) is 2.04. The number of hydrogen-bond donors (Lipinski definition) is 3. The number of carboxylic acids is 1. The van der Waals surface area contributed by atoms with Crippen LogP contribution in [-0.2, 0) is 14.4 Å². The first-order chi connectivity index (χ1) is 10.4. The van der Waals surface area contributed by atoms with E-state index in [1.165, 1.54) is 0 Å². The molecule has 0 heterocycles. The van der Waals surface area contributed by atoms with Crippen LogP contribution in [0.5, 0.6) is 0 Å². The summed E-state index contributed by atoms with van der Waals surface area (Å²) in [5, 5.41) is 21.2. The fourth-order valence-electron chi connectivity index (χ4n) is 2.14. The lowest BCUT2D eigenvalue weighted by Crippen LogP contribution is -2.43. The number of rotatable bonds is 13. The molecule has 0 radical (unpaired) electrons. The number of aliphatic carboxylic acids is 1. The third-order valence-electron chi connectivity index (χ3n) is 3.45. The Balaban J connectivity index is 4.23. The molecular weight excluding hydrogens is 286 g/mol. The molecule has 0 bridgehead atoms. The zero-order valence-electron chi connectivity index (χ0n) is 13.6. The average Bonchev–Trinajstić information content (AvgIpc) is 2.44. The van der Waals surface area contributed by atoms with Gasteiger partial charge in [0.05, 0.1) is 12.5 Å². The average molecular weight is 315 g/mol. The summed E-state index contributed by atoms with van der Waals surface area (Å²) in [6, 6.07) is -1.15. The Morgan fingerprint density at radius 3 is 2.23 bits per heavy atom. The van der Waals surface area contributed by atoms with Crippen molar-refractivity contribution >= 4 is 17.7 Å². The molecule has 0 aliphatic carbocycles. The molecular formula is C16H29NO5. The second kappa shape index (κ2) is 12.1. The highest BCUT2D eigenvalue weighted by Crippen LogP contribution is 2.08. The third-order valence-corrected chi connectivity index (χ3v) is 3.45. The monoisotopic (exact) mass is 315 g/mol. The first-order valence-corrected chi connectivity index (χ1v) is 8.12. The van der Waals surface area contributed by atoms with Crippen molar-refractivity contribution in [3.63, 3.8) is 0 Å². The van der Waals surface area contributed by atoms with Gasteiger partial charge in [-0.2, -0.15) is 0 Å². The van der Waals surface area contributed by atoms with Crippen LogP contribution >= 0.6 is 0 Å². The van der Waals surface area contributed by atoms with Gasteiger partial charge >= 0.3 is 5.97 Å². The van der Waals surface area contributed by atoms with Crippen LogP contribution in [0.4, 0.5) is 0 Å². The predicted molar refractivity (Wildman–Crippen MR) is 83.5 cm³/mol. The van der Waals surface area contributed by atoms with E-state index >= 15 is 0 Å². The summed E-state index contributed by atoms with van der Waals surface area (Å²) in [5.41, 5.74) is 0. The summed E-state index contributed by atoms with van der Waals surface area (Å²) in [4.78, 5) is 34.4. The minimum atomic E-state index is -1.19. The number of nitrogens with one attached hydrogen (secondary N) is 1. The minimum Gasteiger partial charge on any atom is -0.480 e. The SMILES string of the molecule is CCCCCC(=O)CC(=O)NC(C[C@@H](O)CCCC)C(=O)O. The fraction of sp³-hybridized carbons (Fsp3) is 0.812. The number of ketones is 1. The van der Waals surface area contributed by atoms with Gasteiger partial charge in [0, 0.05) is 12.8 Å². The molecule has 0 aliphatic heterocycles. The van der Waals surface area contributed by atoms with E-state index in [1.54, 1.807) is 0 Å². The van der Waals surface area contributed by atoms with Crippen molar-refractivity contribution in [1.29, 1.82) is 0 Å². The normalized spacial score (nSPS) is 13.4. The minimum absolute atomic E-state index is 0.0366. The largest absolute Gasteiger partial charge is 0.480 e. The van der Waals surface area contributed by atoms with Crippen LogP contribution in [0.2, 0.25) is 0 Å². The van der Waals surface area contributed by atoms with Crippen molar-refractivity contribution in [3.8, 4) is 0 Å². The molecule has 0 aromatic rings. The molecule has 1 unspecified atom stereocenters. The number of Topliss-reactive ketones (excluding diaryl/α,β-unsaturated/α-hetero) is 1. The maximum atomic E-state index is 11.7. The van der Waals surface area contributed by atoms with E-state index in [2.05, 4.69) is 5.32 Å². The number of aliphatic hydroxyl groups excluding tert-OH is 1. The molecule has 1 amide bonds. The summed E-state index contributed by atoms with van der Waals surface area (Å²) in [5.74, 6) is -1.96. The number of carbonyl (C=O) groups is 3. The Bertz CT molecular complexity index is 356. The summed E-state index contributed by atoms with van der Waals surface area (Å²) in [7, 11) is 0. The van der Waals surface area contributed by atoms with Gasteiger partial charge in [0.25, 0.3) is 0 Å². The van der Waals surface area contributed by atoms with E-state index in [9.17, 15) is 19.5 Å². The zero-order chi connectivity index (χ0) is 17.0. The van der Waals surface area contributed by atoms with Crippen molar-refractivity contribution in [2.45, 2.75) is 83.8 Å². The summed E-state index contributed by atoms with van der Waals surface area (Å²) < 4.78 is 0. The molecule has 0 aromatic carbocycles. The van der Waals surface area contributed by atoms with Crippen LogP contribution in [-0.4, -0.2) is 40.0 Å². The molecule has 2 atom stereocenters. The lowest BCUT2D eigenvalue weighted by atomic mass is 10.0. The zero-order valence-corrected chi connectivity index (χ0v) is 13.6. The van der Waals surface area contributed by atoms with E-state index in [0.29, 0.717) is 12.8 Å². The molecule has 6 nitrogen and oxygen atoms in total. The Kier molecular flexibility index (Phi) is 11.4. The van der Waals surface area contributed by atoms with Crippen LogP contribution in [0.25, 0.3) is 0 Å². The van der Waals surface area contributed by atoms with Crippen molar-refractivity contribution in [2.75, 3.05) is 0 Å². The molecule has 0 aliphatic rings. The van der Waals surface area contributed by atoms with Crippen LogP contribution in [0.1, 0.15) is 71.6 Å². The lowest BCUT2D eigenvalue weighted by Gasteiger charge is -2.18. The Morgan fingerprint density at radius 1 is 1.05 bits per heavy atom. The van der Waals surface area contributed by atoms with Crippen LogP contribution < -0.4 is 5.32 Å². The van der Waals surface area contributed by atoms with Gasteiger partial charge in [-0.3, -0.25) is 9.59 Å². The summed E-state index contributed by atoms with van der Waals surface area (Å²) in [6.07, 6.45) is 4.16. The number of aliphatic hydroxyl groups is 1. The molecule has 0 rings (SSSR count). The van der Waals surface area contributed by atoms with Crippen LogP contribution in [0, 0.1) is 0 Å². The van der Waals surface area contributed by atoms with Gasteiger partial charge in [-0.1, -0.05) is 39.5 Å². The van der Waals surface area contributed by atoms with E-state index < -0.39 is 24.0 Å². The van der Waals surface area contributed by atoms with E-state index in [1.807, 2.05) is 13.8 Å². The van der Waals surface area contributed by atoms with E-state index in [0.717, 1.165) is 32.1 Å². The van der Waals surface area contributed by atoms with E-state index in [4.69, 9.17) is 5.11 Å². The quantitative estimate of drug-likeness (QED) is 0.356. The number of hydrogen-bond acceptors (Lipinski definition) is 4. The number of amides is 1. The molecule has 22 heavy (non-hydrogen) atoms. The Labute approximate surface area is 132 Å². The number of unbranched alkanes of at least 4 members (excludes halogenated alkanes) is 3. The highest BCUT2D eigenvalue weighted by Gasteiger charge is 2.23. The second-order valence-electron chi connectivity index (χ2n) is 5.66. The molecule has 0 saturated carbocycles. The molecule has 0 fully saturated rings. The van der Waals surface area contributed by atoms with E-state index in [-0.39, 0.29) is 18.6 Å². The van der Waals surface area contributed by atoms with Gasteiger partial charge < -0.3 is 15.5 Å². The highest BCUT2D eigenvalue weighted by atomic mass is 16.4. The first kappa shape index (κ1) is 20.6. The van der Waals surface area contributed by atoms with Crippen LogP contribution in [0.3, 0.4) is 0 Å². The number of carbonyl (C=O) groups excluding carboxylic acids is 2. The van der Waals surface area contributed by atoms with Crippen molar-refractivity contribution in [3.05, 3.63) is 0 Å². The Hall–Kier alpha value is -1.43. The molecule has 3 N–H and O–H groups in total. The van der Waals surface area contributed by atoms with Crippen LogP contribution in [0.15, 0.2) is 0 Å². The second-order valence-corrected chi connectivity index (χ2v) is 5.66. The molecule has 128 valence electrons. The van der Waals surface area contributed by atoms with Crippen molar-refractivity contribution in [2.24, 2.45) is 0 Å². The Morgan fingerprint density at radius 2 is 1.68 bits per heavy atom. The van der Waals surface area contributed by atoms with Gasteiger partial charge in [-0.15, -0.1) is 0 Å². The first-order valence-electron chi connectivity index (χ1n) is 8.12. The fourth-order valence-corrected chi connectivity index (χ4v) is 2.14. The molecule has 6 heteroatoms. The maximum absolute atomic E-state index is 11.7. The van der Waals surface area contributed by atoms with Gasteiger partial charge in [-0.05, 0) is 12.8 Å². The molecule has 0 spiro atoms.